The summed E-state index contributed by atoms with van der Waals surface area (Å²) in [6.45, 7) is 10.2. The molecule has 1 aliphatic heterocycles. The molecule has 0 saturated carbocycles. The monoisotopic (exact) mass is 212 g/mol. The van der Waals surface area contributed by atoms with Gasteiger partial charge < -0.3 is 10.2 Å². The fourth-order valence-corrected chi connectivity index (χ4v) is 2.15. The summed E-state index contributed by atoms with van der Waals surface area (Å²) in [5.41, 5.74) is 0. The Hall–Kier alpha value is -0.570. The maximum absolute atomic E-state index is 11.8. The lowest BCUT2D eigenvalue weighted by Gasteiger charge is -2.32. The van der Waals surface area contributed by atoms with Crippen LogP contribution in [0.1, 0.15) is 33.6 Å². The molecule has 3 nitrogen and oxygen atoms in total. The zero-order valence-corrected chi connectivity index (χ0v) is 10.3. The third-order valence-corrected chi connectivity index (χ3v) is 3.07. The van der Waals surface area contributed by atoms with E-state index in [1.807, 2.05) is 11.8 Å². The highest BCUT2D eigenvalue weighted by Crippen LogP contribution is 2.18. The molecule has 3 heteroatoms. The minimum atomic E-state index is 0.241. The Balaban J connectivity index is 2.33. The molecule has 2 atom stereocenters. The molecule has 0 radical (unpaired) electrons. The molecule has 1 heterocycles. The van der Waals surface area contributed by atoms with E-state index in [2.05, 4.69) is 19.2 Å². The molecular formula is C12H24N2O. The largest absolute Gasteiger partial charge is 0.342 e. The van der Waals surface area contributed by atoms with Gasteiger partial charge in [0, 0.05) is 19.0 Å². The quantitative estimate of drug-likeness (QED) is 0.749. The summed E-state index contributed by atoms with van der Waals surface area (Å²) in [4.78, 5) is 13.9. The smallest absolute Gasteiger partial charge is 0.225 e. The number of hydrogen-bond acceptors (Lipinski definition) is 2. The van der Waals surface area contributed by atoms with Gasteiger partial charge in [0.25, 0.3) is 0 Å². The van der Waals surface area contributed by atoms with Gasteiger partial charge in [-0.25, -0.2) is 0 Å². The van der Waals surface area contributed by atoms with Gasteiger partial charge in [-0.1, -0.05) is 20.8 Å². The second kappa shape index (κ2) is 6.11. The lowest BCUT2D eigenvalue weighted by molar-refractivity contribution is -0.138. The van der Waals surface area contributed by atoms with Gasteiger partial charge in [-0.05, 0) is 31.8 Å². The van der Waals surface area contributed by atoms with Crippen molar-refractivity contribution in [3.05, 3.63) is 0 Å². The van der Waals surface area contributed by atoms with E-state index in [4.69, 9.17) is 0 Å². The molecule has 88 valence electrons. The van der Waals surface area contributed by atoms with E-state index in [9.17, 15) is 4.79 Å². The van der Waals surface area contributed by atoms with Crippen LogP contribution in [0.2, 0.25) is 0 Å². The van der Waals surface area contributed by atoms with Gasteiger partial charge in [-0.15, -0.1) is 0 Å². The first-order chi connectivity index (χ1) is 7.15. The minimum absolute atomic E-state index is 0.241. The molecule has 1 saturated heterocycles. The highest BCUT2D eigenvalue weighted by Gasteiger charge is 2.25. The topological polar surface area (TPSA) is 32.3 Å². The molecule has 0 aromatic rings. The van der Waals surface area contributed by atoms with Gasteiger partial charge in [-0.2, -0.15) is 0 Å². The number of likely N-dealkylation sites (tertiary alicyclic amines) is 1. The first-order valence-corrected chi connectivity index (χ1v) is 6.14. The third kappa shape index (κ3) is 3.82. The van der Waals surface area contributed by atoms with Crippen LogP contribution >= 0.6 is 0 Å². The van der Waals surface area contributed by atoms with Gasteiger partial charge in [-0.3, -0.25) is 4.79 Å². The van der Waals surface area contributed by atoms with Crippen LogP contribution in [0.5, 0.6) is 0 Å². The Morgan fingerprint density at radius 3 is 3.00 bits per heavy atom. The standard InChI is InChI=1S/C12H24N2O/c1-4-13-8-10(2)9-14-7-5-6-11(3)12(14)15/h10-11,13H,4-9H2,1-3H3. The van der Waals surface area contributed by atoms with Crippen molar-refractivity contribution >= 4 is 5.91 Å². The summed E-state index contributed by atoms with van der Waals surface area (Å²) in [5.74, 6) is 1.15. The van der Waals surface area contributed by atoms with Crippen LogP contribution in [0, 0.1) is 11.8 Å². The average Bonchev–Trinajstić information content (AvgIpc) is 2.22. The van der Waals surface area contributed by atoms with Crippen LogP contribution in [0.15, 0.2) is 0 Å². The van der Waals surface area contributed by atoms with Gasteiger partial charge in [0.15, 0.2) is 0 Å². The van der Waals surface area contributed by atoms with Crippen LogP contribution in [0.4, 0.5) is 0 Å². The molecule has 0 aromatic carbocycles. The first-order valence-electron chi connectivity index (χ1n) is 6.14. The van der Waals surface area contributed by atoms with Crippen molar-refractivity contribution in [2.75, 3.05) is 26.2 Å². The van der Waals surface area contributed by atoms with Gasteiger partial charge in [0.1, 0.15) is 0 Å². The van der Waals surface area contributed by atoms with Gasteiger partial charge in [0.2, 0.25) is 5.91 Å². The highest BCUT2D eigenvalue weighted by atomic mass is 16.2. The number of nitrogens with zero attached hydrogens (tertiary/aromatic N) is 1. The SMILES string of the molecule is CCNCC(C)CN1CCCC(C)C1=O. The molecule has 1 rings (SSSR count). The van der Waals surface area contributed by atoms with E-state index in [0.29, 0.717) is 11.8 Å². The van der Waals surface area contributed by atoms with Gasteiger partial charge >= 0.3 is 0 Å². The van der Waals surface area contributed by atoms with Crippen LogP contribution in [0.25, 0.3) is 0 Å². The third-order valence-electron chi connectivity index (χ3n) is 3.07. The molecule has 0 spiro atoms. The molecule has 1 fully saturated rings. The number of rotatable bonds is 5. The van der Waals surface area contributed by atoms with Crippen LogP contribution < -0.4 is 5.32 Å². The number of carbonyl (C=O) groups excluding carboxylic acids is 1. The summed E-state index contributed by atoms with van der Waals surface area (Å²) >= 11 is 0. The van der Waals surface area contributed by atoms with Gasteiger partial charge in [0.05, 0.1) is 0 Å². The van der Waals surface area contributed by atoms with Crippen molar-refractivity contribution in [1.29, 1.82) is 0 Å². The number of piperidine rings is 1. The molecular weight excluding hydrogens is 188 g/mol. The zero-order valence-electron chi connectivity index (χ0n) is 10.3. The Bertz CT molecular complexity index is 206. The molecule has 2 unspecified atom stereocenters. The fraction of sp³-hybridized carbons (Fsp3) is 0.917. The molecule has 0 bridgehead atoms. The predicted molar refractivity (Wildman–Crippen MR) is 62.7 cm³/mol. The van der Waals surface area contributed by atoms with E-state index in [0.717, 1.165) is 32.6 Å². The molecule has 0 aliphatic carbocycles. The maximum Gasteiger partial charge on any atom is 0.225 e. The average molecular weight is 212 g/mol. The molecule has 1 amide bonds. The number of hydrogen-bond donors (Lipinski definition) is 1. The van der Waals surface area contributed by atoms with Crippen molar-refractivity contribution in [2.45, 2.75) is 33.6 Å². The van der Waals surface area contributed by atoms with E-state index in [-0.39, 0.29) is 5.92 Å². The Labute approximate surface area is 93.2 Å². The Kier molecular flexibility index (Phi) is 5.09. The highest BCUT2D eigenvalue weighted by molar-refractivity contribution is 5.79. The van der Waals surface area contributed by atoms with Crippen molar-refractivity contribution in [3.8, 4) is 0 Å². The zero-order chi connectivity index (χ0) is 11.3. The van der Waals surface area contributed by atoms with Crippen molar-refractivity contribution in [2.24, 2.45) is 11.8 Å². The lowest BCUT2D eigenvalue weighted by Crippen LogP contribution is -2.43. The molecule has 15 heavy (non-hydrogen) atoms. The maximum atomic E-state index is 11.8. The summed E-state index contributed by atoms with van der Waals surface area (Å²) in [6, 6.07) is 0. The normalized spacial score (nSPS) is 24.3. The summed E-state index contributed by atoms with van der Waals surface area (Å²) in [7, 11) is 0. The van der Waals surface area contributed by atoms with Crippen molar-refractivity contribution in [3.63, 3.8) is 0 Å². The predicted octanol–water partition coefficient (Wildman–Crippen LogP) is 1.49. The molecule has 1 aliphatic rings. The second-order valence-corrected chi connectivity index (χ2v) is 4.74. The summed E-state index contributed by atoms with van der Waals surface area (Å²) < 4.78 is 0. The lowest BCUT2D eigenvalue weighted by atomic mass is 9.98. The van der Waals surface area contributed by atoms with Crippen molar-refractivity contribution in [1.82, 2.24) is 10.2 Å². The first kappa shape index (κ1) is 12.5. The minimum Gasteiger partial charge on any atom is -0.342 e. The number of nitrogens with one attached hydrogen (secondary N) is 1. The number of carbonyl (C=O) groups is 1. The summed E-state index contributed by atoms with van der Waals surface area (Å²) in [6.07, 6.45) is 2.23. The van der Waals surface area contributed by atoms with E-state index in [1.165, 1.54) is 6.42 Å². The van der Waals surface area contributed by atoms with Crippen LogP contribution in [-0.2, 0) is 4.79 Å². The second-order valence-electron chi connectivity index (χ2n) is 4.74. The summed E-state index contributed by atoms with van der Waals surface area (Å²) in [5, 5.41) is 3.33. The van der Waals surface area contributed by atoms with E-state index in [1.54, 1.807) is 0 Å². The molecule has 0 aromatic heterocycles. The number of amides is 1. The fourth-order valence-electron chi connectivity index (χ4n) is 2.15. The van der Waals surface area contributed by atoms with E-state index >= 15 is 0 Å². The Morgan fingerprint density at radius 1 is 1.60 bits per heavy atom. The van der Waals surface area contributed by atoms with Crippen molar-refractivity contribution < 1.29 is 4.79 Å². The van der Waals surface area contributed by atoms with E-state index < -0.39 is 0 Å². The Morgan fingerprint density at radius 2 is 2.33 bits per heavy atom. The van der Waals surface area contributed by atoms with Crippen LogP contribution in [-0.4, -0.2) is 37.0 Å². The van der Waals surface area contributed by atoms with Crippen LogP contribution in [0.3, 0.4) is 0 Å². The molecule has 1 N–H and O–H groups in total.